The molecule has 1 aromatic heterocycles. The number of carbonyl (C=O) groups is 1. The minimum atomic E-state index is 0.0469. The lowest BCUT2D eigenvalue weighted by atomic mass is 10.1. The van der Waals surface area contributed by atoms with E-state index in [1.54, 1.807) is 6.08 Å². The summed E-state index contributed by atoms with van der Waals surface area (Å²) in [6.07, 6.45) is 4.61. The van der Waals surface area contributed by atoms with Crippen molar-refractivity contribution in [1.29, 1.82) is 0 Å². The lowest BCUT2D eigenvalue weighted by Crippen LogP contribution is -2.34. The largest absolute Gasteiger partial charge is 0.381 e. The third-order valence-electron chi connectivity index (χ3n) is 4.94. The number of hydrogen-bond donors (Lipinski definition) is 0. The Morgan fingerprint density at radius 2 is 2.12 bits per heavy atom. The van der Waals surface area contributed by atoms with E-state index < -0.39 is 0 Å². The molecule has 0 saturated carbocycles. The maximum Gasteiger partial charge on any atom is 0.246 e. The van der Waals surface area contributed by atoms with Crippen LogP contribution in [-0.2, 0) is 9.53 Å². The van der Waals surface area contributed by atoms with Crippen LogP contribution in [0.1, 0.15) is 30.3 Å². The average molecular weight is 353 g/mol. The number of carbonyl (C=O) groups excluding carboxylic acids is 1. The Balaban J connectivity index is 1.75. The molecule has 0 N–H and O–H groups in total. The first-order chi connectivity index (χ1) is 12.6. The lowest BCUT2D eigenvalue weighted by Gasteiger charge is -2.22. The van der Waals surface area contributed by atoms with Crippen LogP contribution in [0.2, 0.25) is 0 Å². The van der Waals surface area contributed by atoms with E-state index in [4.69, 9.17) is 4.74 Å². The summed E-state index contributed by atoms with van der Waals surface area (Å²) >= 11 is 0. The zero-order chi connectivity index (χ0) is 18.5. The predicted molar refractivity (Wildman–Crippen MR) is 103 cm³/mol. The van der Waals surface area contributed by atoms with Gasteiger partial charge in [-0.05, 0) is 45.4 Å². The Bertz CT molecular complexity index is 774. The first kappa shape index (κ1) is 18.4. The normalized spacial score (nSPS) is 17.1. The quantitative estimate of drug-likeness (QED) is 0.748. The van der Waals surface area contributed by atoms with E-state index in [2.05, 4.69) is 5.10 Å². The summed E-state index contributed by atoms with van der Waals surface area (Å²) in [4.78, 5) is 14.5. The average Bonchev–Trinajstić information content (AvgIpc) is 3.27. The van der Waals surface area contributed by atoms with Crippen LogP contribution in [0, 0.1) is 19.8 Å². The van der Waals surface area contributed by atoms with Gasteiger partial charge in [-0.15, -0.1) is 0 Å². The number of benzene rings is 1. The number of para-hydroxylation sites is 1. The van der Waals surface area contributed by atoms with E-state index in [0.717, 1.165) is 48.8 Å². The summed E-state index contributed by atoms with van der Waals surface area (Å²) in [5.74, 6) is 0.502. The fourth-order valence-corrected chi connectivity index (χ4v) is 3.39. The molecule has 5 heteroatoms. The minimum absolute atomic E-state index is 0.0469. The summed E-state index contributed by atoms with van der Waals surface area (Å²) in [6, 6.07) is 10.0. The molecular weight excluding hydrogens is 326 g/mol. The Morgan fingerprint density at radius 3 is 2.77 bits per heavy atom. The highest BCUT2D eigenvalue weighted by Gasteiger charge is 2.20. The number of likely N-dealkylation sites (N-methyl/N-ethyl adjacent to an activating group) is 1. The van der Waals surface area contributed by atoms with Crippen molar-refractivity contribution in [3.8, 4) is 5.69 Å². The van der Waals surface area contributed by atoms with Crippen LogP contribution < -0.4 is 0 Å². The molecule has 0 aliphatic carbocycles. The van der Waals surface area contributed by atoms with Crippen molar-refractivity contribution in [1.82, 2.24) is 14.7 Å². The summed E-state index contributed by atoms with van der Waals surface area (Å²) < 4.78 is 7.34. The number of aromatic nitrogens is 2. The fraction of sp³-hybridized carbons (Fsp3) is 0.429. The molecule has 138 valence electrons. The minimum Gasteiger partial charge on any atom is -0.381 e. The molecule has 2 aromatic rings. The third kappa shape index (κ3) is 4.05. The van der Waals surface area contributed by atoms with Gasteiger partial charge in [-0.1, -0.05) is 18.2 Å². The van der Waals surface area contributed by atoms with Crippen LogP contribution in [0.25, 0.3) is 11.8 Å². The lowest BCUT2D eigenvalue weighted by molar-refractivity contribution is -0.126. The van der Waals surface area contributed by atoms with E-state index in [1.165, 1.54) is 0 Å². The number of ether oxygens (including phenoxy) is 1. The molecule has 0 spiro atoms. The molecule has 1 aromatic carbocycles. The molecule has 3 rings (SSSR count). The number of aryl methyl sites for hydroxylation is 1. The second-order valence-electron chi connectivity index (χ2n) is 6.77. The standard InChI is InChI=1S/C21H27N3O2/c1-4-23(14-18-12-13-26-15-18)21(25)11-10-20-16(2)22-24(17(20)3)19-8-6-5-7-9-19/h5-11,18H,4,12-15H2,1-3H3/b11-10+/t18-/m1/s1. The summed E-state index contributed by atoms with van der Waals surface area (Å²) in [7, 11) is 0. The first-order valence-corrected chi connectivity index (χ1v) is 9.26. The van der Waals surface area contributed by atoms with Crippen LogP contribution in [0.4, 0.5) is 0 Å². The van der Waals surface area contributed by atoms with Gasteiger partial charge in [-0.2, -0.15) is 5.10 Å². The molecular formula is C21H27N3O2. The van der Waals surface area contributed by atoms with Crippen molar-refractivity contribution >= 4 is 12.0 Å². The molecule has 5 nitrogen and oxygen atoms in total. The monoisotopic (exact) mass is 353 g/mol. The van der Waals surface area contributed by atoms with Gasteiger partial charge in [0.2, 0.25) is 5.91 Å². The topological polar surface area (TPSA) is 47.4 Å². The van der Waals surface area contributed by atoms with Crippen LogP contribution in [0.5, 0.6) is 0 Å². The SMILES string of the molecule is CCN(C[C@H]1CCOC1)C(=O)/C=C/c1c(C)nn(-c2ccccc2)c1C. The number of amides is 1. The zero-order valence-corrected chi connectivity index (χ0v) is 15.8. The van der Waals surface area contributed by atoms with Crippen LogP contribution >= 0.6 is 0 Å². The van der Waals surface area contributed by atoms with Gasteiger partial charge < -0.3 is 9.64 Å². The zero-order valence-electron chi connectivity index (χ0n) is 15.8. The second kappa shape index (κ2) is 8.32. The van der Waals surface area contributed by atoms with Crippen LogP contribution in [-0.4, -0.2) is 46.9 Å². The molecule has 1 amide bonds. The summed E-state index contributed by atoms with van der Waals surface area (Å²) in [5.41, 5.74) is 3.98. The number of nitrogens with zero attached hydrogens (tertiary/aromatic N) is 3. The highest BCUT2D eigenvalue weighted by Crippen LogP contribution is 2.19. The first-order valence-electron chi connectivity index (χ1n) is 9.26. The van der Waals surface area contributed by atoms with E-state index in [-0.39, 0.29) is 5.91 Å². The highest BCUT2D eigenvalue weighted by molar-refractivity contribution is 5.92. The van der Waals surface area contributed by atoms with Gasteiger partial charge in [0.15, 0.2) is 0 Å². The molecule has 26 heavy (non-hydrogen) atoms. The fourth-order valence-electron chi connectivity index (χ4n) is 3.39. The molecule has 0 radical (unpaired) electrons. The summed E-state index contributed by atoms with van der Waals surface area (Å²) in [6.45, 7) is 9.07. The van der Waals surface area contributed by atoms with Gasteiger partial charge in [0.05, 0.1) is 18.0 Å². The van der Waals surface area contributed by atoms with Crippen molar-refractivity contribution in [2.45, 2.75) is 27.2 Å². The van der Waals surface area contributed by atoms with Gasteiger partial charge in [-0.3, -0.25) is 4.79 Å². The second-order valence-corrected chi connectivity index (χ2v) is 6.77. The Hall–Kier alpha value is -2.40. The molecule has 1 atom stereocenters. The molecule has 1 fully saturated rings. The van der Waals surface area contributed by atoms with Gasteiger partial charge in [-0.25, -0.2) is 4.68 Å². The van der Waals surface area contributed by atoms with E-state index in [1.807, 2.05) is 66.8 Å². The van der Waals surface area contributed by atoms with Gasteiger partial charge >= 0.3 is 0 Å². The molecule has 0 unspecified atom stereocenters. The van der Waals surface area contributed by atoms with Crippen molar-refractivity contribution < 1.29 is 9.53 Å². The highest BCUT2D eigenvalue weighted by atomic mass is 16.5. The Labute approximate surface area is 155 Å². The van der Waals surface area contributed by atoms with Crippen molar-refractivity contribution in [3.05, 3.63) is 53.4 Å². The maximum absolute atomic E-state index is 12.6. The van der Waals surface area contributed by atoms with Crippen LogP contribution in [0.3, 0.4) is 0 Å². The van der Waals surface area contributed by atoms with E-state index in [0.29, 0.717) is 12.5 Å². The van der Waals surface area contributed by atoms with E-state index >= 15 is 0 Å². The predicted octanol–water partition coefficient (Wildman–Crippen LogP) is 3.39. The van der Waals surface area contributed by atoms with Gasteiger partial charge in [0.1, 0.15) is 0 Å². The van der Waals surface area contributed by atoms with Crippen LogP contribution in [0.15, 0.2) is 36.4 Å². The van der Waals surface area contributed by atoms with Crippen molar-refractivity contribution in [2.75, 3.05) is 26.3 Å². The van der Waals surface area contributed by atoms with Gasteiger partial charge in [0.25, 0.3) is 0 Å². The van der Waals surface area contributed by atoms with Crippen molar-refractivity contribution in [2.24, 2.45) is 5.92 Å². The van der Waals surface area contributed by atoms with E-state index in [9.17, 15) is 4.79 Å². The molecule has 2 heterocycles. The van der Waals surface area contributed by atoms with Gasteiger partial charge in [0, 0.05) is 42.9 Å². The molecule has 1 aliphatic rings. The maximum atomic E-state index is 12.6. The third-order valence-corrected chi connectivity index (χ3v) is 4.94. The Morgan fingerprint density at radius 1 is 1.35 bits per heavy atom. The summed E-state index contributed by atoms with van der Waals surface area (Å²) in [5, 5.41) is 4.63. The molecule has 1 aliphatic heterocycles. The smallest absolute Gasteiger partial charge is 0.246 e. The number of hydrogen-bond acceptors (Lipinski definition) is 3. The molecule has 1 saturated heterocycles. The number of rotatable bonds is 6. The van der Waals surface area contributed by atoms with Crippen molar-refractivity contribution in [3.63, 3.8) is 0 Å². The molecule has 0 bridgehead atoms. The Kier molecular flexibility index (Phi) is 5.89.